The number of hydrogen-bond donors (Lipinski definition) is 1. The van der Waals surface area contributed by atoms with Gasteiger partial charge in [0, 0.05) is 25.9 Å². The highest BCUT2D eigenvalue weighted by Gasteiger charge is 2.20. The molecule has 1 unspecified atom stereocenters. The van der Waals surface area contributed by atoms with Crippen molar-refractivity contribution in [3.63, 3.8) is 0 Å². The molecule has 174 valence electrons. The van der Waals surface area contributed by atoms with E-state index in [2.05, 4.69) is 19.2 Å². The second kappa shape index (κ2) is 13.2. The van der Waals surface area contributed by atoms with Gasteiger partial charge in [-0.05, 0) is 69.6 Å². The van der Waals surface area contributed by atoms with Crippen molar-refractivity contribution in [3.05, 3.63) is 23.8 Å². The summed E-state index contributed by atoms with van der Waals surface area (Å²) in [7, 11) is 1.64. The monoisotopic (exact) mass is 432 g/mol. The highest BCUT2D eigenvalue weighted by Crippen LogP contribution is 2.33. The summed E-state index contributed by atoms with van der Waals surface area (Å²) >= 11 is 0. The third-order valence-electron chi connectivity index (χ3n) is 5.80. The zero-order valence-electron chi connectivity index (χ0n) is 19.7. The smallest absolute Gasteiger partial charge is 0.222 e. The molecule has 6 heteroatoms. The Morgan fingerprint density at radius 1 is 1.10 bits per heavy atom. The average Bonchev–Trinajstić information content (AvgIpc) is 3.26. The van der Waals surface area contributed by atoms with Crippen molar-refractivity contribution >= 4 is 11.8 Å². The van der Waals surface area contributed by atoms with Crippen LogP contribution in [-0.4, -0.2) is 43.0 Å². The maximum atomic E-state index is 12.4. The van der Waals surface area contributed by atoms with Crippen molar-refractivity contribution in [2.24, 2.45) is 0 Å². The van der Waals surface area contributed by atoms with Crippen molar-refractivity contribution < 1.29 is 19.1 Å². The van der Waals surface area contributed by atoms with E-state index in [-0.39, 0.29) is 24.0 Å². The van der Waals surface area contributed by atoms with Crippen LogP contribution in [0.4, 0.5) is 0 Å². The topological polar surface area (TPSA) is 67.9 Å². The number of ether oxygens (including phenoxy) is 2. The molecule has 1 aliphatic carbocycles. The summed E-state index contributed by atoms with van der Waals surface area (Å²) in [6.07, 6.45) is 8.14. The van der Waals surface area contributed by atoms with E-state index in [1.807, 2.05) is 30.0 Å². The molecule has 1 aliphatic rings. The first-order valence-electron chi connectivity index (χ1n) is 11.9. The van der Waals surface area contributed by atoms with Gasteiger partial charge in [0.25, 0.3) is 0 Å². The molecular weight excluding hydrogens is 392 g/mol. The predicted molar refractivity (Wildman–Crippen MR) is 123 cm³/mol. The summed E-state index contributed by atoms with van der Waals surface area (Å²) in [4.78, 5) is 26.6. The zero-order chi connectivity index (χ0) is 22.6. The van der Waals surface area contributed by atoms with E-state index < -0.39 is 0 Å². The Balaban J connectivity index is 1.82. The third-order valence-corrected chi connectivity index (χ3v) is 5.80. The minimum atomic E-state index is -0.144. The fourth-order valence-corrected chi connectivity index (χ4v) is 4.09. The van der Waals surface area contributed by atoms with Crippen LogP contribution < -0.4 is 14.8 Å². The molecule has 1 fully saturated rings. The summed E-state index contributed by atoms with van der Waals surface area (Å²) in [6.45, 7) is 7.69. The van der Waals surface area contributed by atoms with Gasteiger partial charge in [0.15, 0.2) is 11.5 Å². The van der Waals surface area contributed by atoms with E-state index in [0.29, 0.717) is 25.0 Å². The number of carbonyl (C=O) groups excluding carboxylic acids is 2. The molecule has 2 rings (SSSR count). The van der Waals surface area contributed by atoms with Gasteiger partial charge in [-0.15, -0.1) is 0 Å². The maximum absolute atomic E-state index is 12.4. The highest BCUT2D eigenvalue weighted by atomic mass is 16.5. The lowest BCUT2D eigenvalue weighted by molar-refractivity contribution is -0.131. The molecule has 0 heterocycles. The van der Waals surface area contributed by atoms with E-state index in [1.165, 1.54) is 12.8 Å². The summed E-state index contributed by atoms with van der Waals surface area (Å²) in [5.41, 5.74) is 0.970. The minimum absolute atomic E-state index is 0.0388. The number of amides is 2. The van der Waals surface area contributed by atoms with E-state index in [4.69, 9.17) is 9.47 Å². The molecule has 0 bridgehead atoms. The van der Waals surface area contributed by atoms with Crippen molar-refractivity contribution in [3.8, 4) is 11.5 Å². The van der Waals surface area contributed by atoms with Gasteiger partial charge in [0.2, 0.25) is 11.8 Å². The number of nitrogens with one attached hydrogen (secondary N) is 1. The zero-order valence-corrected chi connectivity index (χ0v) is 19.7. The van der Waals surface area contributed by atoms with Crippen LogP contribution in [0.2, 0.25) is 0 Å². The fraction of sp³-hybridized carbons (Fsp3) is 0.680. The Bertz CT molecular complexity index is 695. The largest absolute Gasteiger partial charge is 0.493 e. The van der Waals surface area contributed by atoms with Crippen molar-refractivity contribution in [2.45, 2.75) is 90.7 Å². The number of rotatable bonds is 13. The lowest BCUT2D eigenvalue weighted by Gasteiger charge is -2.21. The predicted octanol–water partition coefficient (Wildman–Crippen LogP) is 5.01. The molecule has 0 radical (unpaired) electrons. The lowest BCUT2D eigenvalue weighted by atomic mass is 10.1. The van der Waals surface area contributed by atoms with Crippen LogP contribution in [0.5, 0.6) is 11.5 Å². The average molecular weight is 433 g/mol. The Morgan fingerprint density at radius 2 is 1.77 bits per heavy atom. The minimum Gasteiger partial charge on any atom is -0.493 e. The lowest BCUT2D eigenvalue weighted by Crippen LogP contribution is -2.32. The van der Waals surface area contributed by atoms with Gasteiger partial charge in [0.1, 0.15) is 0 Å². The van der Waals surface area contributed by atoms with Crippen LogP contribution in [0.1, 0.15) is 90.2 Å². The number of benzene rings is 1. The molecule has 0 spiro atoms. The summed E-state index contributed by atoms with van der Waals surface area (Å²) in [6, 6.07) is 5.71. The molecule has 1 aromatic rings. The van der Waals surface area contributed by atoms with Gasteiger partial charge < -0.3 is 19.7 Å². The summed E-state index contributed by atoms with van der Waals surface area (Å²) in [5, 5.41) is 3.03. The van der Waals surface area contributed by atoms with Crippen molar-refractivity contribution in [1.29, 1.82) is 0 Å². The Kier molecular flexibility index (Phi) is 10.7. The first kappa shape index (κ1) is 25.0. The molecule has 1 atom stereocenters. The molecule has 2 amide bonds. The van der Waals surface area contributed by atoms with Gasteiger partial charge in [-0.2, -0.15) is 0 Å². The maximum Gasteiger partial charge on any atom is 0.222 e. The molecule has 1 N–H and O–H groups in total. The fourth-order valence-electron chi connectivity index (χ4n) is 4.09. The Labute approximate surface area is 187 Å². The molecule has 31 heavy (non-hydrogen) atoms. The normalized spacial score (nSPS) is 14.8. The van der Waals surface area contributed by atoms with Crippen LogP contribution in [0.25, 0.3) is 0 Å². The molecular formula is C25H40N2O4. The van der Waals surface area contributed by atoms with Gasteiger partial charge in [-0.25, -0.2) is 0 Å². The third kappa shape index (κ3) is 8.08. The van der Waals surface area contributed by atoms with E-state index in [9.17, 15) is 9.59 Å². The first-order valence-corrected chi connectivity index (χ1v) is 11.9. The summed E-state index contributed by atoms with van der Waals surface area (Å²) < 4.78 is 11.6. The Morgan fingerprint density at radius 3 is 2.39 bits per heavy atom. The number of hydrogen-bond acceptors (Lipinski definition) is 4. The molecule has 6 nitrogen and oxygen atoms in total. The van der Waals surface area contributed by atoms with Gasteiger partial charge in [-0.1, -0.05) is 19.9 Å². The standard InChI is InChI=1S/C25H40N2O4/c1-5-16-27(17-6-2)25(29)13-9-12-24(28)26-19(3)20-14-15-22(23(18-20)30-4)31-21-10-7-8-11-21/h14-15,18-19,21H,5-13,16-17H2,1-4H3,(H,26,28). The Hall–Kier alpha value is -2.24. The first-order chi connectivity index (χ1) is 15.0. The van der Waals surface area contributed by atoms with E-state index >= 15 is 0 Å². The SMILES string of the molecule is CCCN(CCC)C(=O)CCCC(=O)NC(C)c1ccc(OC2CCCC2)c(OC)c1. The van der Waals surface area contributed by atoms with Gasteiger partial charge in [0.05, 0.1) is 19.3 Å². The van der Waals surface area contributed by atoms with Crippen LogP contribution in [-0.2, 0) is 9.59 Å². The molecule has 0 aromatic heterocycles. The van der Waals surface area contributed by atoms with E-state index in [1.54, 1.807) is 7.11 Å². The molecule has 0 saturated heterocycles. The summed E-state index contributed by atoms with van der Waals surface area (Å²) in [5.74, 6) is 1.57. The van der Waals surface area contributed by atoms with Crippen LogP contribution in [0.3, 0.4) is 0 Å². The van der Waals surface area contributed by atoms with E-state index in [0.717, 1.165) is 50.1 Å². The number of nitrogens with zero attached hydrogens (tertiary/aromatic N) is 1. The number of methoxy groups -OCH3 is 1. The van der Waals surface area contributed by atoms with Crippen LogP contribution in [0, 0.1) is 0 Å². The molecule has 1 saturated carbocycles. The molecule has 0 aliphatic heterocycles. The second-order valence-electron chi connectivity index (χ2n) is 8.46. The van der Waals surface area contributed by atoms with Crippen LogP contribution >= 0.6 is 0 Å². The van der Waals surface area contributed by atoms with Gasteiger partial charge in [-0.3, -0.25) is 9.59 Å². The van der Waals surface area contributed by atoms with Crippen LogP contribution in [0.15, 0.2) is 18.2 Å². The molecule has 1 aromatic carbocycles. The van der Waals surface area contributed by atoms with Crippen molar-refractivity contribution in [1.82, 2.24) is 10.2 Å². The second-order valence-corrected chi connectivity index (χ2v) is 8.46. The number of carbonyl (C=O) groups is 2. The quantitative estimate of drug-likeness (QED) is 0.476. The highest BCUT2D eigenvalue weighted by molar-refractivity contribution is 5.79. The van der Waals surface area contributed by atoms with Gasteiger partial charge >= 0.3 is 0 Å². The van der Waals surface area contributed by atoms with Crippen molar-refractivity contribution in [2.75, 3.05) is 20.2 Å².